The Kier molecular flexibility index (Phi) is 6.23. The first kappa shape index (κ1) is 21.0. The third-order valence-corrected chi connectivity index (χ3v) is 8.51. The zero-order valence-electron chi connectivity index (χ0n) is 15.6. The lowest BCUT2D eigenvalue weighted by Crippen LogP contribution is -2.28. The van der Waals surface area contributed by atoms with Crippen molar-refractivity contribution in [3.8, 4) is 5.75 Å². The van der Waals surface area contributed by atoms with E-state index in [1.165, 1.54) is 53.5 Å². The minimum atomic E-state index is -3.90. The average Bonchev–Trinajstić information content (AvgIpc) is 3.23. The zero-order valence-corrected chi connectivity index (χ0v) is 18.0. The zero-order chi connectivity index (χ0) is 20.4. The molecule has 28 heavy (non-hydrogen) atoms. The monoisotopic (exact) mass is 442 g/mol. The first-order chi connectivity index (χ1) is 13.3. The van der Waals surface area contributed by atoms with E-state index in [1.54, 1.807) is 12.1 Å². The van der Waals surface area contributed by atoms with Crippen LogP contribution in [0.2, 0.25) is 0 Å². The summed E-state index contributed by atoms with van der Waals surface area (Å²) in [6.07, 6.45) is 3.54. The van der Waals surface area contributed by atoms with Gasteiger partial charge in [0.2, 0.25) is 10.0 Å². The molecule has 1 heterocycles. The van der Waals surface area contributed by atoms with Gasteiger partial charge in [0.1, 0.15) is 5.75 Å². The fourth-order valence-corrected chi connectivity index (χ4v) is 5.98. The van der Waals surface area contributed by atoms with E-state index in [0.717, 1.165) is 17.7 Å². The molecule has 0 amide bonds. The second kappa shape index (κ2) is 8.32. The molecule has 1 saturated heterocycles. The number of benzene rings is 2. The Morgan fingerprint density at radius 3 is 2.14 bits per heavy atom. The molecule has 10 heteroatoms. The smallest absolute Gasteiger partial charge is 0.262 e. The second-order valence-corrected chi connectivity index (χ2v) is 10.8. The number of sulfonamides is 2. The summed E-state index contributed by atoms with van der Waals surface area (Å²) >= 11 is 1.51. The summed E-state index contributed by atoms with van der Waals surface area (Å²) in [6.45, 7) is 0.939. The Hall–Kier alpha value is -1.75. The Bertz CT molecular complexity index is 1050. The van der Waals surface area contributed by atoms with Crippen molar-refractivity contribution in [2.45, 2.75) is 27.5 Å². The lowest BCUT2D eigenvalue weighted by atomic mass is 10.3. The Morgan fingerprint density at radius 2 is 1.57 bits per heavy atom. The maximum Gasteiger partial charge on any atom is 0.262 e. The van der Waals surface area contributed by atoms with Gasteiger partial charge in [0.05, 0.1) is 22.6 Å². The van der Waals surface area contributed by atoms with Crippen LogP contribution in [0.25, 0.3) is 0 Å². The molecule has 3 rings (SSSR count). The van der Waals surface area contributed by atoms with Crippen LogP contribution in [0.5, 0.6) is 5.75 Å². The van der Waals surface area contributed by atoms with Crippen LogP contribution in [-0.4, -0.2) is 47.6 Å². The number of hydrogen-bond donors (Lipinski definition) is 1. The molecular formula is C18H22N2O5S3. The molecule has 0 aliphatic carbocycles. The number of rotatable bonds is 7. The van der Waals surface area contributed by atoms with Crippen LogP contribution >= 0.6 is 11.8 Å². The lowest BCUT2D eigenvalue weighted by Gasteiger charge is -2.18. The van der Waals surface area contributed by atoms with Crippen molar-refractivity contribution in [3.63, 3.8) is 0 Å². The number of anilines is 1. The summed E-state index contributed by atoms with van der Waals surface area (Å²) in [5.74, 6) is 0.240. The number of nitrogens with one attached hydrogen (secondary N) is 1. The van der Waals surface area contributed by atoms with E-state index in [-0.39, 0.29) is 21.2 Å². The van der Waals surface area contributed by atoms with Crippen LogP contribution in [0.4, 0.5) is 5.69 Å². The Labute approximate surface area is 170 Å². The van der Waals surface area contributed by atoms with Crippen molar-refractivity contribution in [2.24, 2.45) is 0 Å². The van der Waals surface area contributed by atoms with Crippen molar-refractivity contribution in [3.05, 3.63) is 42.5 Å². The third kappa shape index (κ3) is 4.29. The summed E-state index contributed by atoms with van der Waals surface area (Å²) in [5, 5.41) is 0. The van der Waals surface area contributed by atoms with E-state index < -0.39 is 20.0 Å². The van der Waals surface area contributed by atoms with Crippen molar-refractivity contribution < 1.29 is 21.6 Å². The van der Waals surface area contributed by atoms with Gasteiger partial charge < -0.3 is 4.74 Å². The van der Waals surface area contributed by atoms with Gasteiger partial charge in [0.15, 0.2) is 0 Å². The van der Waals surface area contributed by atoms with E-state index in [4.69, 9.17) is 4.74 Å². The number of ether oxygens (including phenoxy) is 1. The molecule has 1 aliphatic rings. The molecule has 0 unspecified atom stereocenters. The predicted octanol–water partition coefficient (Wildman–Crippen LogP) is 3.00. The highest BCUT2D eigenvalue weighted by Crippen LogP contribution is 2.32. The molecule has 2 aromatic carbocycles. The summed E-state index contributed by atoms with van der Waals surface area (Å²) in [5.41, 5.74) is 0.0803. The molecule has 0 radical (unpaired) electrons. The van der Waals surface area contributed by atoms with Gasteiger partial charge in [-0.2, -0.15) is 4.31 Å². The van der Waals surface area contributed by atoms with Crippen LogP contribution in [-0.2, 0) is 20.0 Å². The van der Waals surface area contributed by atoms with E-state index >= 15 is 0 Å². The van der Waals surface area contributed by atoms with Gasteiger partial charge >= 0.3 is 0 Å². The average molecular weight is 443 g/mol. The number of thioether (sulfide) groups is 1. The third-order valence-electron chi connectivity index (χ3n) is 4.49. The van der Waals surface area contributed by atoms with Gasteiger partial charge in [-0.1, -0.05) is 0 Å². The van der Waals surface area contributed by atoms with Gasteiger partial charge in [0, 0.05) is 18.0 Å². The maximum absolute atomic E-state index is 12.8. The molecule has 7 nitrogen and oxygen atoms in total. The normalized spacial score (nSPS) is 15.5. The number of methoxy groups -OCH3 is 1. The molecule has 1 fully saturated rings. The van der Waals surface area contributed by atoms with Crippen LogP contribution < -0.4 is 9.46 Å². The summed E-state index contributed by atoms with van der Waals surface area (Å²) < 4.78 is 60.2. The Balaban J connectivity index is 1.96. The van der Waals surface area contributed by atoms with Crippen LogP contribution in [0.15, 0.2) is 57.2 Å². The maximum atomic E-state index is 12.8. The fraction of sp³-hybridized carbons (Fsp3) is 0.333. The minimum Gasteiger partial charge on any atom is -0.495 e. The molecule has 1 N–H and O–H groups in total. The van der Waals surface area contributed by atoms with Crippen LogP contribution in [0.3, 0.4) is 0 Å². The standard InChI is InChI=1S/C18H22N2O5S3/c1-25-18-10-9-16(28(23,24)20-11-3-4-12-20)13-17(18)19-27(21,22)15-7-5-14(26-2)6-8-15/h5-10,13,19H,3-4,11-12H2,1-2H3. The van der Waals surface area contributed by atoms with E-state index in [1.807, 2.05) is 6.26 Å². The lowest BCUT2D eigenvalue weighted by molar-refractivity contribution is 0.416. The molecule has 0 atom stereocenters. The van der Waals surface area contributed by atoms with Crippen molar-refractivity contribution >= 4 is 37.5 Å². The quantitative estimate of drug-likeness (QED) is 0.663. The molecule has 152 valence electrons. The van der Waals surface area contributed by atoms with E-state index in [0.29, 0.717) is 13.1 Å². The van der Waals surface area contributed by atoms with E-state index in [2.05, 4.69) is 4.72 Å². The highest BCUT2D eigenvalue weighted by Gasteiger charge is 2.28. The highest BCUT2D eigenvalue weighted by atomic mass is 32.2. The van der Waals surface area contributed by atoms with Gasteiger partial charge in [-0.3, -0.25) is 4.72 Å². The minimum absolute atomic E-state index is 0.0330. The summed E-state index contributed by atoms with van der Waals surface area (Å²) in [4.78, 5) is 1.06. The van der Waals surface area contributed by atoms with Crippen molar-refractivity contribution in [1.82, 2.24) is 4.31 Å². The van der Waals surface area contributed by atoms with Crippen LogP contribution in [0, 0.1) is 0 Å². The van der Waals surface area contributed by atoms with Gasteiger partial charge in [-0.15, -0.1) is 11.8 Å². The molecule has 0 spiro atoms. The number of nitrogens with zero attached hydrogens (tertiary/aromatic N) is 1. The predicted molar refractivity (Wildman–Crippen MR) is 110 cm³/mol. The van der Waals surface area contributed by atoms with Gasteiger partial charge in [-0.05, 0) is 61.6 Å². The molecule has 0 bridgehead atoms. The SMILES string of the molecule is COc1ccc(S(=O)(=O)N2CCCC2)cc1NS(=O)(=O)c1ccc(SC)cc1. The van der Waals surface area contributed by atoms with E-state index in [9.17, 15) is 16.8 Å². The largest absolute Gasteiger partial charge is 0.495 e. The highest BCUT2D eigenvalue weighted by molar-refractivity contribution is 7.98. The molecular weight excluding hydrogens is 420 g/mol. The molecule has 1 aliphatic heterocycles. The first-order valence-corrected chi connectivity index (χ1v) is 12.8. The topological polar surface area (TPSA) is 92.8 Å². The Morgan fingerprint density at radius 1 is 0.964 bits per heavy atom. The van der Waals surface area contributed by atoms with Crippen LogP contribution in [0.1, 0.15) is 12.8 Å². The molecule has 0 aromatic heterocycles. The summed E-state index contributed by atoms with van der Waals surface area (Å²) in [6, 6.07) is 10.6. The number of hydrogen-bond acceptors (Lipinski definition) is 6. The summed E-state index contributed by atoms with van der Waals surface area (Å²) in [7, 11) is -6.18. The van der Waals surface area contributed by atoms with Crippen molar-refractivity contribution in [2.75, 3.05) is 31.2 Å². The van der Waals surface area contributed by atoms with Gasteiger partial charge in [-0.25, -0.2) is 16.8 Å². The van der Waals surface area contributed by atoms with Gasteiger partial charge in [0.25, 0.3) is 10.0 Å². The van der Waals surface area contributed by atoms with Crippen molar-refractivity contribution in [1.29, 1.82) is 0 Å². The first-order valence-electron chi connectivity index (χ1n) is 8.63. The molecule has 0 saturated carbocycles. The second-order valence-electron chi connectivity index (χ2n) is 6.25. The molecule has 2 aromatic rings. The fourth-order valence-electron chi connectivity index (χ4n) is 2.96.